The van der Waals surface area contributed by atoms with Gasteiger partial charge in [-0.05, 0) is 36.2 Å². The third kappa shape index (κ3) is 3.22. The van der Waals surface area contributed by atoms with Crippen LogP contribution >= 0.6 is 11.8 Å². The fraction of sp³-hybridized carbons (Fsp3) is 0.235. The Bertz CT molecular complexity index is 667. The molecule has 0 N–H and O–H groups in total. The quantitative estimate of drug-likeness (QED) is 0.786. The average Bonchev–Trinajstić information content (AvgIpc) is 2.96. The van der Waals surface area contributed by atoms with Crippen molar-refractivity contribution in [3.63, 3.8) is 0 Å². The molecule has 21 heavy (non-hydrogen) atoms. The highest BCUT2D eigenvalue weighted by Gasteiger charge is 2.16. The predicted octanol–water partition coefficient (Wildman–Crippen LogP) is 3.84. The first-order chi connectivity index (χ1) is 10.2. The highest BCUT2D eigenvalue weighted by Crippen LogP contribution is 2.32. The van der Waals surface area contributed by atoms with E-state index in [0.29, 0.717) is 22.8 Å². The van der Waals surface area contributed by atoms with Gasteiger partial charge in [0.15, 0.2) is 17.3 Å². The third-order valence-electron chi connectivity index (χ3n) is 3.45. The number of fused-ring (bicyclic) bond motifs is 1. The van der Waals surface area contributed by atoms with Gasteiger partial charge in [0.05, 0.1) is 5.75 Å². The Labute approximate surface area is 128 Å². The van der Waals surface area contributed by atoms with Crippen LogP contribution in [0.25, 0.3) is 0 Å². The van der Waals surface area contributed by atoms with Crippen LogP contribution in [0.1, 0.15) is 21.5 Å². The normalized spacial score (nSPS) is 12.4. The summed E-state index contributed by atoms with van der Waals surface area (Å²) in [6.07, 6.45) is 0. The lowest BCUT2D eigenvalue weighted by atomic mass is 10.1. The minimum absolute atomic E-state index is 0.117. The van der Waals surface area contributed by atoms with Crippen LogP contribution in [0.2, 0.25) is 0 Å². The summed E-state index contributed by atoms with van der Waals surface area (Å²) in [7, 11) is 0. The minimum atomic E-state index is 0.117. The fourth-order valence-corrected chi connectivity index (χ4v) is 3.18. The lowest BCUT2D eigenvalue weighted by molar-refractivity contribution is 0.102. The van der Waals surface area contributed by atoms with Crippen LogP contribution in [-0.4, -0.2) is 18.3 Å². The van der Waals surface area contributed by atoms with Crippen molar-refractivity contribution in [1.29, 1.82) is 0 Å². The molecule has 0 saturated carbocycles. The largest absolute Gasteiger partial charge is 0.454 e. The van der Waals surface area contributed by atoms with Crippen LogP contribution in [0.15, 0.2) is 42.5 Å². The Balaban J connectivity index is 1.58. The number of ether oxygens (including phenoxy) is 2. The minimum Gasteiger partial charge on any atom is -0.454 e. The van der Waals surface area contributed by atoms with Gasteiger partial charge >= 0.3 is 0 Å². The van der Waals surface area contributed by atoms with Gasteiger partial charge in [0.25, 0.3) is 0 Å². The average molecular weight is 300 g/mol. The number of benzene rings is 2. The molecule has 4 heteroatoms. The predicted molar refractivity (Wildman–Crippen MR) is 84.2 cm³/mol. The first kappa shape index (κ1) is 14.0. The highest BCUT2D eigenvalue weighted by atomic mass is 32.2. The second-order valence-electron chi connectivity index (χ2n) is 4.91. The van der Waals surface area contributed by atoms with Gasteiger partial charge in [-0.3, -0.25) is 4.79 Å². The second kappa shape index (κ2) is 6.22. The van der Waals surface area contributed by atoms with Crippen LogP contribution in [-0.2, 0) is 5.75 Å². The fourth-order valence-electron chi connectivity index (χ4n) is 2.18. The van der Waals surface area contributed by atoms with Crippen molar-refractivity contribution in [2.45, 2.75) is 12.7 Å². The molecule has 2 aromatic rings. The zero-order valence-electron chi connectivity index (χ0n) is 11.8. The summed E-state index contributed by atoms with van der Waals surface area (Å²) in [5, 5.41) is 0. The topological polar surface area (TPSA) is 35.5 Å². The molecule has 0 aromatic heterocycles. The molecule has 1 heterocycles. The van der Waals surface area contributed by atoms with Crippen molar-refractivity contribution < 1.29 is 14.3 Å². The third-order valence-corrected chi connectivity index (χ3v) is 4.43. The molecule has 0 amide bonds. The van der Waals surface area contributed by atoms with Crippen LogP contribution in [0.5, 0.6) is 11.5 Å². The zero-order valence-corrected chi connectivity index (χ0v) is 12.6. The molecule has 1 aliphatic rings. The summed E-state index contributed by atoms with van der Waals surface area (Å²) >= 11 is 1.64. The summed E-state index contributed by atoms with van der Waals surface area (Å²) < 4.78 is 10.5. The molecule has 1 aliphatic heterocycles. The van der Waals surface area contributed by atoms with Crippen LogP contribution in [0.4, 0.5) is 0 Å². The summed E-state index contributed by atoms with van der Waals surface area (Å²) in [5.41, 5.74) is 3.22. The Kier molecular flexibility index (Phi) is 4.15. The molecule has 0 bridgehead atoms. The van der Waals surface area contributed by atoms with Gasteiger partial charge in [-0.1, -0.05) is 24.3 Å². The van der Waals surface area contributed by atoms with Gasteiger partial charge in [-0.25, -0.2) is 0 Å². The van der Waals surface area contributed by atoms with Gasteiger partial charge in [0.2, 0.25) is 6.79 Å². The monoisotopic (exact) mass is 300 g/mol. The molecule has 3 nitrogen and oxygen atoms in total. The maximum atomic E-state index is 12.2. The van der Waals surface area contributed by atoms with E-state index in [2.05, 4.69) is 19.1 Å². The Hall–Kier alpha value is -1.94. The standard InChI is InChI=1S/C17H16O3S/c1-12-4-2-3-5-14(12)9-21-10-15(18)13-6-7-16-17(8-13)20-11-19-16/h2-8H,9-11H2,1H3. The van der Waals surface area contributed by atoms with Crippen molar-refractivity contribution in [3.8, 4) is 11.5 Å². The summed E-state index contributed by atoms with van der Waals surface area (Å²) in [4.78, 5) is 12.2. The molecular weight excluding hydrogens is 284 g/mol. The number of aryl methyl sites for hydroxylation is 1. The SMILES string of the molecule is Cc1ccccc1CSCC(=O)c1ccc2c(c1)OCO2. The van der Waals surface area contributed by atoms with Gasteiger partial charge in [-0.2, -0.15) is 0 Å². The molecule has 0 atom stereocenters. The molecule has 0 spiro atoms. The first-order valence-corrected chi connectivity index (χ1v) is 7.94. The van der Waals surface area contributed by atoms with Gasteiger partial charge in [0.1, 0.15) is 0 Å². The van der Waals surface area contributed by atoms with Crippen LogP contribution in [0.3, 0.4) is 0 Å². The van der Waals surface area contributed by atoms with Crippen molar-refractivity contribution in [2.75, 3.05) is 12.5 Å². The lowest BCUT2D eigenvalue weighted by Gasteiger charge is -2.05. The van der Waals surface area contributed by atoms with E-state index >= 15 is 0 Å². The van der Waals surface area contributed by atoms with E-state index in [9.17, 15) is 4.79 Å². The van der Waals surface area contributed by atoms with Gasteiger partial charge < -0.3 is 9.47 Å². The molecule has 0 unspecified atom stereocenters. The maximum Gasteiger partial charge on any atom is 0.231 e. The van der Waals surface area contributed by atoms with E-state index in [4.69, 9.17) is 9.47 Å². The number of rotatable bonds is 5. The number of hydrogen-bond acceptors (Lipinski definition) is 4. The Morgan fingerprint density at radius 3 is 2.81 bits per heavy atom. The molecule has 0 fully saturated rings. The van der Waals surface area contributed by atoms with Gasteiger partial charge in [0, 0.05) is 11.3 Å². The van der Waals surface area contributed by atoms with Crippen molar-refractivity contribution in [1.82, 2.24) is 0 Å². The molecule has 0 radical (unpaired) electrons. The van der Waals surface area contributed by atoms with E-state index in [1.807, 2.05) is 12.1 Å². The van der Waals surface area contributed by atoms with Crippen LogP contribution < -0.4 is 9.47 Å². The summed E-state index contributed by atoms with van der Waals surface area (Å²) in [6, 6.07) is 13.6. The van der Waals surface area contributed by atoms with E-state index in [1.54, 1.807) is 30.0 Å². The first-order valence-electron chi connectivity index (χ1n) is 6.79. The molecule has 0 aliphatic carbocycles. The van der Waals surface area contributed by atoms with Crippen molar-refractivity contribution >= 4 is 17.5 Å². The molecular formula is C17H16O3S. The van der Waals surface area contributed by atoms with E-state index in [0.717, 1.165) is 5.75 Å². The number of hydrogen-bond donors (Lipinski definition) is 0. The van der Waals surface area contributed by atoms with Crippen molar-refractivity contribution in [2.24, 2.45) is 0 Å². The number of ketones is 1. The molecule has 2 aromatic carbocycles. The summed E-state index contributed by atoms with van der Waals surface area (Å²) in [5.74, 6) is 2.80. The van der Waals surface area contributed by atoms with E-state index in [1.165, 1.54) is 11.1 Å². The number of Topliss-reactive ketones (excluding diaryl/α,β-unsaturated/α-hetero) is 1. The van der Waals surface area contributed by atoms with Crippen molar-refractivity contribution in [3.05, 3.63) is 59.2 Å². The molecule has 0 saturated heterocycles. The lowest BCUT2D eigenvalue weighted by Crippen LogP contribution is -2.02. The number of thioether (sulfide) groups is 1. The number of carbonyl (C=O) groups excluding carboxylic acids is 1. The Morgan fingerprint density at radius 2 is 1.95 bits per heavy atom. The second-order valence-corrected chi connectivity index (χ2v) is 5.90. The smallest absolute Gasteiger partial charge is 0.231 e. The van der Waals surface area contributed by atoms with Crippen LogP contribution in [0, 0.1) is 6.92 Å². The summed E-state index contributed by atoms with van der Waals surface area (Å²) in [6.45, 7) is 2.32. The van der Waals surface area contributed by atoms with Gasteiger partial charge in [-0.15, -0.1) is 11.8 Å². The maximum absolute atomic E-state index is 12.2. The number of carbonyl (C=O) groups is 1. The zero-order chi connectivity index (χ0) is 14.7. The molecule has 3 rings (SSSR count). The van der Waals surface area contributed by atoms with E-state index in [-0.39, 0.29) is 12.6 Å². The molecule has 108 valence electrons. The highest BCUT2D eigenvalue weighted by molar-refractivity contribution is 7.99. The Morgan fingerprint density at radius 1 is 1.14 bits per heavy atom. The van der Waals surface area contributed by atoms with E-state index < -0.39 is 0 Å².